The van der Waals surface area contributed by atoms with Crippen molar-refractivity contribution in [2.75, 3.05) is 9.80 Å². The molecule has 7 aromatic rings. The standard InChI is InChI=1S/C58H59BN2S/c1-54(2,3)40-22-24-41(25-23-40)60-47-32-39(37-20-14-11-15-21-37)33-48-50(47)59(53-51(60)42-34-43-44(35-49(42)62-53)56(6,7)29-28-55(43,4)5)46-31-38(36-18-12-10-13-19-36)30-45-52(46)61(48)58(9)27-17-16-26-57(45,58)8/h10-15,18-25,30-35H,16-17,26-29H2,1-9H3. The number of hydrogen-bond acceptors (Lipinski definition) is 3. The average Bonchev–Trinajstić information content (AvgIpc) is 3.73. The molecule has 1 aromatic heterocycles. The largest absolute Gasteiger partial charge is 0.335 e. The van der Waals surface area contributed by atoms with Crippen molar-refractivity contribution in [1.82, 2.24) is 0 Å². The van der Waals surface area contributed by atoms with Gasteiger partial charge in [-0.05, 0) is 147 Å². The van der Waals surface area contributed by atoms with Gasteiger partial charge < -0.3 is 9.80 Å². The minimum absolute atomic E-state index is 0.00490. The normalized spacial score (nSPS) is 22.5. The van der Waals surface area contributed by atoms with Crippen molar-refractivity contribution in [2.24, 2.45) is 0 Å². The number of nitrogens with zero attached hydrogens (tertiary/aromatic N) is 2. The molecule has 310 valence electrons. The molecule has 2 atom stereocenters. The molecule has 1 saturated carbocycles. The van der Waals surface area contributed by atoms with Crippen molar-refractivity contribution in [2.45, 2.75) is 128 Å². The molecule has 62 heavy (non-hydrogen) atoms. The third-order valence-electron chi connectivity index (χ3n) is 16.8. The molecule has 2 unspecified atom stereocenters. The highest BCUT2D eigenvalue weighted by Gasteiger charge is 2.62. The molecule has 0 N–H and O–H groups in total. The number of benzene rings is 6. The highest BCUT2D eigenvalue weighted by atomic mass is 32.1. The van der Waals surface area contributed by atoms with E-state index in [9.17, 15) is 0 Å². The first kappa shape index (κ1) is 38.6. The Labute approximate surface area is 374 Å². The number of anilines is 5. The lowest BCUT2D eigenvalue weighted by Gasteiger charge is -2.52. The third kappa shape index (κ3) is 5.17. The molecule has 3 aliphatic heterocycles. The van der Waals surface area contributed by atoms with E-state index in [2.05, 4.69) is 205 Å². The second-order valence-corrected chi connectivity index (χ2v) is 23.4. The fraction of sp³-hybridized carbons (Fsp3) is 0.345. The lowest BCUT2D eigenvalue weighted by molar-refractivity contribution is 0.195. The van der Waals surface area contributed by atoms with Gasteiger partial charge in [-0.3, -0.25) is 0 Å². The van der Waals surface area contributed by atoms with Crippen molar-refractivity contribution in [3.05, 3.63) is 144 Å². The van der Waals surface area contributed by atoms with Gasteiger partial charge in [0.15, 0.2) is 0 Å². The van der Waals surface area contributed by atoms with Crippen LogP contribution in [-0.2, 0) is 21.7 Å². The average molecular weight is 827 g/mol. The lowest BCUT2D eigenvalue weighted by Crippen LogP contribution is -2.64. The quantitative estimate of drug-likeness (QED) is 0.164. The maximum Gasteiger partial charge on any atom is 0.264 e. The maximum absolute atomic E-state index is 2.90. The van der Waals surface area contributed by atoms with E-state index in [1.54, 1.807) is 5.56 Å². The Bertz CT molecular complexity index is 2990. The summed E-state index contributed by atoms with van der Waals surface area (Å²) in [4.78, 5) is 5.61. The highest BCUT2D eigenvalue weighted by molar-refractivity contribution is 7.33. The zero-order valence-electron chi connectivity index (χ0n) is 38.2. The van der Waals surface area contributed by atoms with Gasteiger partial charge in [-0.1, -0.05) is 147 Å². The zero-order valence-corrected chi connectivity index (χ0v) is 39.0. The van der Waals surface area contributed by atoms with Gasteiger partial charge in [-0.15, -0.1) is 11.3 Å². The second-order valence-electron chi connectivity index (χ2n) is 22.3. The Morgan fingerprint density at radius 1 is 0.565 bits per heavy atom. The van der Waals surface area contributed by atoms with E-state index in [4.69, 9.17) is 0 Å². The molecule has 5 aliphatic rings. The van der Waals surface area contributed by atoms with Crippen molar-refractivity contribution in [3.63, 3.8) is 0 Å². The fourth-order valence-corrected chi connectivity index (χ4v) is 14.2. The second kappa shape index (κ2) is 12.8. The molecule has 0 saturated heterocycles. The molecular weight excluding hydrogens is 768 g/mol. The molecule has 0 bridgehead atoms. The number of fused-ring (bicyclic) bond motifs is 10. The van der Waals surface area contributed by atoms with E-state index in [-0.39, 0.29) is 33.9 Å². The van der Waals surface area contributed by atoms with E-state index in [0.29, 0.717) is 0 Å². The first-order valence-electron chi connectivity index (χ1n) is 23.4. The molecule has 2 aliphatic carbocycles. The Balaban J connectivity index is 1.24. The van der Waals surface area contributed by atoms with Gasteiger partial charge in [-0.25, -0.2) is 0 Å². The monoisotopic (exact) mass is 826 g/mol. The summed E-state index contributed by atoms with van der Waals surface area (Å²) in [5.41, 5.74) is 21.2. The maximum atomic E-state index is 2.90. The van der Waals surface area contributed by atoms with Gasteiger partial charge in [0, 0.05) is 43.0 Å². The van der Waals surface area contributed by atoms with Crippen molar-refractivity contribution in [3.8, 4) is 22.3 Å². The lowest BCUT2D eigenvalue weighted by atomic mass is 9.36. The molecule has 12 rings (SSSR count). The van der Waals surface area contributed by atoms with Crippen LogP contribution in [0.15, 0.2) is 121 Å². The van der Waals surface area contributed by atoms with Gasteiger partial charge in [0.2, 0.25) is 0 Å². The van der Waals surface area contributed by atoms with Gasteiger partial charge in [0.25, 0.3) is 6.71 Å². The number of hydrogen-bond donors (Lipinski definition) is 0. The van der Waals surface area contributed by atoms with Crippen LogP contribution < -0.4 is 25.5 Å². The van der Waals surface area contributed by atoms with Crippen LogP contribution in [0.4, 0.5) is 28.4 Å². The first-order chi connectivity index (χ1) is 29.6. The van der Waals surface area contributed by atoms with Crippen LogP contribution in [0.3, 0.4) is 0 Å². The van der Waals surface area contributed by atoms with Gasteiger partial charge in [0.1, 0.15) is 0 Å². The Morgan fingerprint density at radius 3 is 1.81 bits per heavy atom. The molecule has 6 aromatic carbocycles. The van der Waals surface area contributed by atoms with Gasteiger partial charge in [-0.2, -0.15) is 0 Å². The van der Waals surface area contributed by atoms with E-state index >= 15 is 0 Å². The van der Waals surface area contributed by atoms with E-state index in [1.165, 1.54) is 132 Å². The minimum atomic E-state index is -0.0679. The van der Waals surface area contributed by atoms with Crippen LogP contribution in [-0.4, -0.2) is 12.3 Å². The third-order valence-corrected chi connectivity index (χ3v) is 18.0. The summed E-state index contributed by atoms with van der Waals surface area (Å²) >= 11 is 2.07. The summed E-state index contributed by atoms with van der Waals surface area (Å²) in [6.07, 6.45) is 7.31. The van der Waals surface area contributed by atoms with Crippen LogP contribution in [0.5, 0.6) is 0 Å². The van der Waals surface area contributed by atoms with Crippen LogP contribution in [0.25, 0.3) is 32.3 Å². The summed E-state index contributed by atoms with van der Waals surface area (Å²) in [5, 5.41) is 1.40. The Kier molecular flexibility index (Phi) is 7.96. The van der Waals surface area contributed by atoms with Crippen LogP contribution in [0, 0.1) is 0 Å². The van der Waals surface area contributed by atoms with E-state index in [0.717, 1.165) is 0 Å². The summed E-state index contributed by atoms with van der Waals surface area (Å²) in [6.45, 7) is 22.2. The Morgan fingerprint density at radius 2 is 1.16 bits per heavy atom. The highest BCUT2D eigenvalue weighted by Crippen LogP contribution is 2.63. The summed E-state index contributed by atoms with van der Waals surface area (Å²) in [6, 6.07) is 47.7. The smallest absolute Gasteiger partial charge is 0.264 e. The van der Waals surface area contributed by atoms with Crippen molar-refractivity contribution in [1.29, 1.82) is 0 Å². The molecule has 0 spiro atoms. The molecular formula is C58H59BN2S. The van der Waals surface area contributed by atoms with Crippen LogP contribution in [0.1, 0.15) is 123 Å². The summed E-state index contributed by atoms with van der Waals surface area (Å²) in [5.74, 6) is 0. The SMILES string of the molecule is CC(C)(C)c1ccc(N2c3cc(-c4ccccc4)cc4c3B(c3cc(-c5ccccc5)cc5c3N4C3(C)CCCCC53C)c3sc4cc5c(cc4c32)C(C)(C)CCC5(C)C)cc1. The molecule has 0 radical (unpaired) electrons. The van der Waals surface area contributed by atoms with Gasteiger partial charge >= 0.3 is 0 Å². The minimum Gasteiger partial charge on any atom is -0.335 e. The molecule has 2 nitrogen and oxygen atoms in total. The number of thiophene rings is 1. The van der Waals surface area contributed by atoms with E-state index in [1.807, 2.05) is 0 Å². The summed E-state index contributed by atoms with van der Waals surface area (Å²) in [7, 11) is 0. The van der Waals surface area contributed by atoms with Gasteiger partial charge in [0.05, 0.1) is 11.2 Å². The molecule has 1 fully saturated rings. The van der Waals surface area contributed by atoms with E-state index < -0.39 is 0 Å². The topological polar surface area (TPSA) is 6.48 Å². The number of rotatable bonds is 3. The van der Waals surface area contributed by atoms with Crippen molar-refractivity contribution >= 4 is 72.3 Å². The van der Waals surface area contributed by atoms with Crippen molar-refractivity contribution < 1.29 is 0 Å². The first-order valence-corrected chi connectivity index (χ1v) is 24.2. The summed E-state index contributed by atoms with van der Waals surface area (Å²) < 4.78 is 2.90. The molecule has 4 heteroatoms. The fourth-order valence-electron chi connectivity index (χ4n) is 12.9. The zero-order chi connectivity index (χ0) is 42.7. The van der Waals surface area contributed by atoms with Crippen LogP contribution >= 0.6 is 11.3 Å². The predicted octanol–water partition coefficient (Wildman–Crippen LogP) is 14.2. The Hall–Kier alpha value is -5.06. The molecule has 4 heterocycles. The molecule has 0 amide bonds. The van der Waals surface area contributed by atoms with Crippen LogP contribution in [0.2, 0.25) is 0 Å². The predicted molar refractivity (Wildman–Crippen MR) is 269 cm³/mol.